The van der Waals surface area contributed by atoms with E-state index in [4.69, 9.17) is 9.15 Å². The van der Waals surface area contributed by atoms with Crippen molar-refractivity contribution in [2.24, 2.45) is 0 Å². The first-order valence-electron chi connectivity index (χ1n) is 9.57. The van der Waals surface area contributed by atoms with Crippen molar-refractivity contribution in [2.45, 2.75) is 19.9 Å². The van der Waals surface area contributed by atoms with Crippen LogP contribution in [0.15, 0.2) is 56.1 Å². The number of rotatable bonds is 3. The number of ether oxygens (including phenoxy) is 1. The van der Waals surface area contributed by atoms with Crippen LogP contribution >= 0.6 is 27.3 Å². The molecule has 2 aromatic heterocycles. The van der Waals surface area contributed by atoms with Crippen LogP contribution in [-0.2, 0) is 0 Å². The molecule has 0 spiro atoms. The Labute approximate surface area is 190 Å². The molecule has 0 unspecified atom stereocenters. The number of hydrogen-bond donors (Lipinski definition) is 0. The SMILES string of the molecule is COc1cccc([C@@H]2c3c(oc4ccc(Br)cc4c3=O)C(=O)N2c2nc(C)c(C)s2)c1. The Morgan fingerprint density at radius 2 is 1.97 bits per heavy atom. The van der Waals surface area contributed by atoms with Crippen LogP contribution in [0.2, 0.25) is 0 Å². The predicted molar refractivity (Wildman–Crippen MR) is 123 cm³/mol. The van der Waals surface area contributed by atoms with E-state index in [-0.39, 0.29) is 17.1 Å². The molecule has 0 saturated heterocycles. The monoisotopic (exact) mass is 496 g/mol. The molecule has 156 valence electrons. The van der Waals surface area contributed by atoms with Crippen molar-refractivity contribution < 1.29 is 13.9 Å². The van der Waals surface area contributed by atoms with Crippen LogP contribution in [0.3, 0.4) is 0 Å². The van der Waals surface area contributed by atoms with Gasteiger partial charge in [0, 0.05) is 9.35 Å². The van der Waals surface area contributed by atoms with Gasteiger partial charge in [-0.1, -0.05) is 28.1 Å². The number of anilines is 1. The Balaban J connectivity index is 1.83. The van der Waals surface area contributed by atoms with Crippen molar-refractivity contribution in [1.29, 1.82) is 0 Å². The van der Waals surface area contributed by atoms with E-state index in [9.17, 15) is 9.59 Å². The third kappa shape index (κ3) is 3.09. The van der Waals surface area contributed by atoms with Crippen LogP contribution in [0.25, 0.3) is 11.0 Å². The number of benzene rings is 2. The fourth-order valence-corrected chi connectivity index (χ4v) is 5.13. The van der Waals surface area contributed by atoms with E-state index in [0.29, 0.717) is 27.4 Å². The molecule has 2 aromatic carbocycles. The molecule has 4 aromatic rings. The van der Waals surface area contributed by atoms with E-state index in [2.05, 4.69) is 20.9 Å². The first-order valence-corrected chi connectivity index (χ1v) is 11.2. The molecule has 31 heavy (non-hydrogen) atoms. The summed E-state index contributed by atoms with van der Waals surface area (Å²) in [5.74, 6) is 0.314. The Hall–Kier alpha value is -2.97. The standard InChI is InChI=1S/C23H17BrN2O4S/c1-11-12(2)31-23(25-11)26-19(13-5-4-6-15(9-13)29-3)18-20(27)16-10-14(24)7-8-17(16)30-21(18)22(26)28/h4-10,19H,1-3H3/t19-/m1/s1. The van der Waals surface area contributed by atoms with Gasteiger partial charge in [-0.25, -0.2) is 4.98 Å². The molecule has 6 nitrogen and oxygen atoms in total. The summed E-state index contributed by atoms with van der Waals surface area (Å²) in [7, 11) is 1.58. The number of aryl methyl sites for hydroxylation is 2. The Morgan fingerprint density at radius 3 is 2.68 bits per heavy atom. The molecule has 3 heterocycles. The number of methoxy groups -OCH3 is 1. The van der Waals surface area contributed by atoms with E-state index in [1.165, 1.54) is 11.3 Å². The average molecular weight is 497 g/mol. The van der Waals surface area contributed by atoms with Crippen molar-refractivity contribution in [3.8, 4) is 5.75 Å². The predicted octanol–water partition coefficient (Wildman–Crippen LogP) is 5.39. The van der Waals surface area contributed by atoms with Gasteiger partial charge in [-0.05, 0) is 49.7 Å². The lowest BCUT2D eigenvalue weighted by Gasteiger charge is -2.22. The smallest absolute Gasteiger partial charge is 0.297 e. The van der Waals surface area contributed by atoms with Crippen LogP contribution in [-0.4, -0.2) is 18.0 Å². The third-order valence-corrected chi connectivity index (χ3v) is 7.03. The number of nitrogens with zero attached hydrogens (tertiary/aromatic N) is 2. The topological polar surface area (TPSA) is 72.6 Å². The van der Waals surface area contributed by atoms with Gasteiger partial charge >= 0.3 is 0 Å². The van der Waals surface area contributed by atoms with Gasteiger partial charge in [0.25, 0.3) is 5.91 Å². The van der Waals surface area contributed by atoms with Crippen molar-refractivity contribution in [3.05, 3.63) is 84.6 Å². The van der Waals surface area contributed by atoms with Gasteiger partial charge in [0.15, 0.2) is 10.6 Å². The van der Waals surface area contributed by atoms with Crippen LogP contribution in [0.4, 0.5) is 5.13 Å². The van der Waals surface area contributed by atoms with Crippen LogP contribution in [0.1, 0.15) is 38.3 Å². The molecule has 1 amide bonds. The van der Waals surface area contributed by atoms with Gasteiger partial charge in [0.05, 0.1) is 29.8 Å². The molecule has 1 aliphatic heterocycles. The Morgan fingerprint density at radius 1 is 1.16 bits per heavy atom. The maximum absolute atomic E-state index is 13.6. The van der Waals surface area contributed by atoms with Gasteiger partial charge in [0.2, 0.25) is 5.76 Å². The summed E-state index contributed by atoms with van der Waals surface area (Å²) in [5, 5.41) is 0.950. The molecular formula is C23H17BrN2O4S. The minimum atomic E-state index is -0.665. The fraction of sp³-hybridized carbons (Fsp3) is 0.174. The summed E-state index contributed by atoms with van der Waals surface area (Å²) in [6.07, 6.45) is 0. The second-order valence-electron chi connectivity index (χ2n) is 7.31. The van der Waals surface area contributed by atoms with E-state index >= 15 is 0 Å². The molecule has 0 N–H and O–H groups in total. The fourth-order valence-electron chi connectivity index (χ4n) is 3.83. The Kier molecular flexibility index (Phi) is 4.71. The minimum absolute atomic E-state index is 0.0538. The van der Waals surface area contributed by atoms with E-state index in [1.807, 2.05) is 38.1 Å². The number of aromatic nitrogens is 1. The lowest BCUT2D eigenvalue weighted by Crippen LogP contribution is -2.29. The number of carbonyl (C=O) groups is 1. The number of hydrogen-bond acceptors (Lipinski definition) is 6. The Bertz CT molecular complexity index is 1410. The molecule has 0 saturated carbocycles. The molecule has 8 heteroatoms. The summed E-state index contributed by atoms with van der Waals surface area (Å²) < 4.78 is 12.1. The average Bonchev–Trinajstić information content (AvgIpc) is 3.25. The molecule has 1 atom stereocenters. The lowest BCUT2D eigenvalue weighted by molar-refractivity contribution is 0.0971. The summed E-state index contributed by atoms with van der Waals surface area (Å²) in [6.45, 7) is 3.86. The zero-order valence-electron chi connectivity index (χ0n) is 16.9. The van der Waals surface area contributed by atoms with Gasteiger partial charge < -0.3 is 9.15 Å². The summed E-state index contributed by atoms with van der Waals surface area (Å²) >= 11 is 4.83. The third-order valence-electron chi connectivity index (χ3n) is 5.47. The van der Waals surface area contributed by atoms with Crippen molar-refractivity contribution >= 4 is 49.3 Å². The zero-order valence-corrected chi connectivity index (χ0v) is 19.3. The maximum Gasteiger partial charge on any atom is 0.297 e. The second-order valence-corrected chi connectivity index (χ2v) is 9.40. The molecule has 0 bridgehead atoms. The molecule has 0 radical (unpaired) electrons. The normalized spacial score (nSPS) is 15.5. The highest BCUT2D eigenvalue weighted by atomic mass is 79.9. The number of carbonyl (C=O) groups excluding carboxylic acids is 1. The van der Waals surface area contributed by atoms with Gasteiger partial charge in [-0.15, -0.1) is 11.3 Å². The summed E-state index contributed by atoms with van der Waals surface area (Å²) in [5.41, 5.74) is 2.05. The molecule has 0 fully saturated rings. The quantitative estimate of drug-likeness (QED) is 0.380. The van der Waals surface area contributed by atoms with E-state index < -0.39 is 6.04 Å². The van der Waals surface area contributed by atoms with E-state index in [0.717, 1.165) is 20.6 Å². The highest BCUT2D eigenvalue weighted by Gasteiger charge is 2.45. The van der Waals surface area contributed by atoms with Crippen molar-refractivity contribution in [3.63, 3.8) is 0 Å². The number of halogens is 1. The first-order chi connectivity index (χ1) is 14.9. The van der Waals surface area contributed by atoms with Gasteiger partial charge in [0.1, 0.15) is 11.3 Å². The second kappa shape index (κ2) is 7.32. The zero-order chi connectivity index (χ0) is 21.9. The van der Waals surface area contributed by atoms with Gasteiger partial charge in [-0.3, -0.25) is 14.5 Å². The van der Waals surface area contributed by atoms with Crippen LogP contribution in [0.5, 0.6) is 5.75 Å². The number of thiazole rings is 1. The number of fused-ring (bicyclic) bond motifs is 2. The molecule has 0 aliphatic carbocycles. The summed E-state index contributed by atoms with van der Waals surface area (Å²) in [6, 6.07) is 11.9. The number of amides is 1. The maximum atomic E-state index is 13.6. The molecule has 1 aliphatic rings. The van der Waals surface area contributed by atoms with Crippen molar-refractivity contribution in [1.82, 2.24) is 4.98 Å². The highest BCUT2D eigenvalue weighted by molar-refractivity contribution is 9.10. The molecular weight excluding hydrogens is 480 g/mol. The highest BCUT2D eigenvalue weighted by Crippen LogP contribution is 2.43. The largest absolute Gasteiger partial charge is 0.497 e. The molecule has 5 rings (SSSR count). The van der Waals surface area contributed by atoms with E-state index in [1.54, 1.807) is 30.2 Å². The van der Waals surface area contributed by atoms with Crippen LogP contribution < -0.4 is 15.1 Å². The summed E-state index contributed by atoms with van der Waals surface area (Å²) in [4.78, 5) is 34.3. The first kappa shape index (κ1) is 20.0. The van der Waals surface area contributed by atoms with Gasteiger partial charge in [-0.2, -0.15) is 0 Å². The van der Waals surface area contributed by atoms with Crippen LogP contribution in [0, 0.1) is 13.8 Å². The lowest BCUT2D eigenvalue weighted by atomic mass is 9.98. The van der Waals surface area contributed by atoms with Crippen molar-refractivity contribution in [2.75, 3.05) is 12.0 Å². The minimum Gasteiger partial charge on any atom is -0.497 e.